The lowest BCUT2D eigenvalue weighted by molar-refractivity contribution is -0.116. The molecule has 28 heavy (non-hydrogen) atoms. The molecule has 2 aliphatic rings. The van der Waals surface area contributed by atoms with Crippen molar-refractivity contribution in [3.05, 3.63) is 47.8 Å². The molecule has 2 aliphatic heterocycles. The van der Waals surface area contributed by atoms with Crippen LogP contribution < -0.4 is 10.2 Å². The Labute approximate surface area is 162 Å². The molecule has 0 spiro atoms. The largest absolute Gasteiger partial charge is 0.338 e. The fraction of sp³-hybridized carbons (Fsp3) is 0.316. The second kappa shape index (κ2) is 7.35. The number of hydrogen-bond donors (Lipinski definition) is 1. The quantitative estimate of drug-likeness (QED) is 0.770. The van der Waals surface area contributed by atoms with Crippen molar-refractivity contribution in [1.29, 1.82) is 0 Å². The number of rotatable bonds is 4. The van der Waals surface area contributed by atoms with Gasteiger partial charge in [-0.1, -0.05) is 12.1 Å². The minimum Gasteiger partial charge on any atom is -0.338 e. The molecule has 1 aromatic carbocycles. The van der Waals surface area contributed by atoms with Gasteiger partial charge >= 0.3 is 0 Å². The van der Waals surface area contributed by atoms with Gasteiger partial charge in [-0.2, -0.15) is 0 Å². The Balaban J connectivity index is 1.37. The van der Waals surface area contributed by atoms with Gasteiger partial charge in [0.2, 0.25) is 11.9 Å². The lowest BCUT2D eigenvalue weighted by Gasteiger charge is -2.32. The minimum absolute atomic E-state index is 0.320. The molecule has 0 atom stereocenters. The third kappa shape index (κ3) is 3.44. The normalized spacial score (nSPS) is 17.0. The van der Waals surface area contributed by atoms with Crippen LogP contribution in [0.2, 0.25) is 0 Å². The number of aromatic nitrogens is 2. The van der Waals surface area contributed by atoms with Crippen molar-refractivity contribution >= 4 is 29.4 Å². The highest BCUT2D eigenvalue weighted by molar-refractivity contribution is 6.22. The van der Waals surface area contributed by atoms with E-state index in [1.54, 1.807) is 24.3 Å². The molecule has 3 amide bonds. The van der Waals surface area contributed by atoms with E-state index in [4.69, 9.17) is 0 Å². The summed E-state index contributed by atoms with van der Waals surface area (Å²) in [5, 5.41) is 2.64. The Kier molecular flexibility index (Phi) is 4.74. The lowest BCUT2D eigenvalue weighted by atomic mass is 10.1. The molecule has 0 radical (unpaired) electrons. The summed E-state index contributed by atoms with van der Waals surface area (Å²) in [5.41, 5.74) is 1.06. The van der Waals surface area contributed by atoms with E-state index in [1.807, 2.05) is 0 Å². The molecule has 0 bridgehead atoms. The number of amides is 3. The molecule has 0 unspecified atom stereocenters. The molecule has 2 aromatic rings. The summed E-state index contributed by atoms with van der Waals surface area (Å²) < 4.78 is 0. The second-order valence-corrected chi connectivity index (χ2v) is 6.85. The van der Waals surface area contributed by atoms with Crippen molar-refractivity contribution in [2.24, 2.45) is 0 Å². The minimum atomic E-state index is -0.481. The van der Waals surface area contributed by atoms with Crippen LogP contribution in [0, 0.1) is 0 Å². The average Bonchev–Trinajstić information content (AvgIpc) is 2.94. The number of carbonyl (C=O) groups excluding carboxylic acids is 3. The van der Waals surface area contributed by atoms with E-state index < -0.39 is 17.7 Å². The first-order chi connectivity index (χ1) is 13.5. The highest BCUT2D eigenvalue weighted by Crippen LogP contribution is 2.22. The third-order valence-corrected chi connectivity index (χ3v) is 4.89. The molecule has 1 aromatic heterocycles. The summed E-state index contributed by atoms with van der Waals surface area (Å²) in [6.07, 6.45) is 3.06. The van der Waals surface area contributed by atoms with Gasteiger partial charge in [0.25, 0.3) is 11.8 Å². The Morgan fingerprint density at radius 3 is 2.14 bits per heavy atom. The summed E-state index contributed by atoms with van der Waals surface area (Å²) in [6, 6.07) is 6.54. The van der Waals surface area contributed by atoms with Gasteiger partial charge in [-0.05, 0) is 19.2 Å². The Morgan fingerprint density at radius 2 is 1.57 bits per heavy atom. The summed E-state index contributed by atoms with van der Waals surface area (Å²) in [5.74, 6) is -0.785. The van der Waals surface area contributed by atoms with E-state index in [2.05, 4.69) is 32.1 Å². The van der Waals surface area contributed by atoms with Gasteiger partial charge in [0.1, 0.15) is 6.54 Å². The lowest BCUT2D eigenvalue weighted by Crippen LogP contribution is -2.45. The van der Waals surface area contributed by atoms with E-state index in [1.165, 1.54) is 12.4 Å². The highest BCUT2D eigenvalue weighted by Gasteiger charge is 2.36. The van der Waals surface area contributed by atoms with Crippen molar-refractivity contribution in [1.82, 2.24) is 19.8 Å². The van der Waals surface area contributed by atoms with Gasteiger partial charge in [-0.25, -0.2) is 9.97 Å². The highest BCUT2D eigenvalue weighted by atomic mass is 16.2. The first kappa shape index (κ1) is 18.1. The van der Waals surface area contributed by atoms with Gasteiger partial charge in [-0.15, -0.1) is 0 Å². The molecule has 1 N–H and O–H groups in total. The topological polar surface area (TPSA) is 98.7 Å². The molecular formula is C19H20N6O3. The molecule has 9 nitrogen and oxygen atoms in total. The van der Waals surface area contributed by atoms with E-state index in [9.17, 15) is 14.4 Å². The van der Waals surface area contributed by atoms with Crippen LogP contribution in [0.5, 0.6) is 0 Å². The van der Waals surface area contributed by atoms with E-state index in [0.29, 0.717) is 22.8 Å². The molecule has 1 fully saturated rings. The number of benzene rings is 1. The third-order valence-electron chi connectivity index (χ3n) is 4.89. The van der Waals surface area contributed by atoms with Gasteiger partial charge < -0.3 is 15.1 Å². The Hall–Kier alpha value is -3.33. The molecule has 0 saturated carbocycles. The number of nitrogens with one attached hydrogen (secondary N) is 1. The maximum atomic E-state index is 12.3. The predicted molar refractivity (Wildman–Crippen MR) is 102 cm³/mol. The van der Waals surface area contributed by atoms with Crippen molar-refractivity contribution in [3.63, 3.8) is 0 Å². The first-order valence-corrected chi connectivity index (χ1v) is 9.03. The fourth-order valence-electron chi connectivity index (χ4n) is 3.28. The summed E-state index contributed by atoms with van der Waals surface area (Å²) in [6.45, 7) is 3.24. The predicted octanol–water partition coefficient (Wildman–Crippen LogP) is 0.463. The van der Waals surface area contributed by atoms with Crippen molar-refractivity contribution in [2.75, 3.05) is 50.0 Å². The van der Waals surface area contributed by atoms with Crippen LogP contribution in [0.25, 0.3) is 0 Å². The number of anilines is 2. The smallest absolute Gasteiger partial charge is 0.262 e. The molecule has 1 saturated heterocycles. The second-order valence-electron chi connectivity index (χ2n) is 6.85. The summed E-state index contributed by atoms with van der Waals surface area (Å²) >= 11 is 0. The van der Waals surface area contributed by atoms with Crippen LogP contribution in [-0.4, -0.2) is 77.3 Å². The number of hydrogen-bond acceptors (Lipinski definition) is 7. The summed E-state index contributed by atoms with van der Waals surface area (Å²) in [4.78, 5) is 50.9. The van der Waals surface area contributed by atoms with E-state index in [-0.39, 0.29) is 6.54 Å². The molecule has 3 heterocycles. The van der Waals surface area contributed by atoms with Gasteiger partial charge in [0.05, 0.1) is 29.2 Å². The van der Waals surface area contributed by atoms with Crippen LogP contribution in [0.1, 0.15) is 20.7 Å². The standard InChI is InChI=1S/C19H20N6O3/c1-23-6-8-24(9-7-23)19-20-10-13(11-21-19)22-16(26)12-25-17(27)14-4-2-3-5-15(14)18(25)28/h2-5,10-11H,6-9,12H2,1H3,(H,22,26). The van der Waals surface area contributed by atoms with Gasteiger partial charge in [0, 0.05) is 26.2 Å². The molecular weight excluding hydrogens is 360 g/mol. The molecule has 9 heteroatoms. The van der Waals surface area contributed by atoms with Crippen molar-refractivity contribution in [2.45, 2.75) is 0 Å². The van der Waals surface area contributed by atoms with Gasteiger partial charge in [-0.3, -0.25) is 19.3 Å². The summed E-state index contributed by atoms with van der Waals surface area (Å²) in [7, 11) is 2.07. The van der Waals surface area contributed by atoms with Crippen molar-refractivity contribution < 1.29 is 14.4 Å². The fourth-order valence-corrected chi connectivity index (χ4v) is 3.28. The first-order valence-electron chi connectivity index (χ1n) is 9.03. The maximum Gasteiger partial charge on any atom is 0.262 e. The number of nitrogens with zero attached hydrogens (tertiary/aromatic N) is 5. The number of likely N-dealkylation sites (N-methyl/N-ethyl adjacent to an activating group) is 1. The number of carbonyl (C=O) groups is 3. The Bertz CT molecular complexity index is 887. The van der Waals surface area contributed by atoms with Crippen LogP contribution in [0.4, 0.5) is 11.6 Å². The SMILES string of the molecule is CN1CCN(c2ncc(NC(=O)CN3C(=O)c4ccccc4C3=O)cn2)CC1. The van der Waals surface area contributed by atoms with E-state index in [0.717, 1.165) is 31.1 Å². The maximum absolute atomic E-state index is 12.3. The number of piperazine rings is 1. The zero-order chi connectivity index (χ0) is 19.7. The zero-order valence-electron chi connectivity index (χ0n) is 15.5. The monoisotopic (exact) mass is 380 g/mol. The molecule has 0 aliphatic carbocycles. The van der Waals surface area contributed by atoms with E-state index >= 15 is 0 Å². The number of imide groups is 1. The van der Waals surface area contributed by atoms with Crippen LogP contribution in [-0.2, 0) is 4.79 Å². The van der Waals surface area contributed by atoms with Gasteiger partial charge in [0.15, 0.2) is 0 Å². The Morgan fingerprint density at radius 1 is 1.00 bits per heavy atom. The molecule has 144 valence electrons. The molecule has 4 rings (SSSR count). The van der Waals surface area contributed by atoms with Crippen LogP contribution >= 0.6 is 0 Å². The number of fused-ring (bicyclic) bond motifs is 1. The van der Waals surface area contributed by atoms with Crippen LogP contribution in [0.3, 0.4) is 0 Å². The van der Waals surface area contributed by atoms with Crippen LogP contribution in [0.15, 0.2) is 36.7 Å². The van der Waals surface area contributed by atoms with Crippen molar-refractivity contribution in [3.8, 4) is 0 Å². The zero-order valence-corrected chi connectivity index (χ0v) is 15.5. The average molecular weight is 380 g/mol.